The predicted molar refractivity (Wildman–Crippen MR) is 86.8 cm³/mol. The molecule has 0 amide bonds. The van der Waals surface area contributed by atoms with Gasteiger partial charge in [0.25, 0.3) is 0 Å². The van der Waals surface area contributed by atoms with E-state index in [2.05, 4.69) is 0 Å². The van der Waals surface area contributed by atoms with Gasteiger partial charge in [0.2, 0.25) is 0 Å². The Bertz CT molecular complexity index is 671. The fraction of sp³-hybridized carbons (Fsp3) is 0.706. The molecular formula is C17H24O10. The highest BCUT2D eigenvalue weighted by Gasteiger charge is 2.48. The van der Waals surface area contributed by atoms with Crippen LogP contribution in [-0.4, -0.2) is 87.4 Å². The molecule has 2 saturated heterocycles. The number of ketones is 1. The molecule has 0 spiro atoms. The van der Waals surface area contributed by atoms with E-state index in [-0.39, 0.29) is 18.2 Å². The van der Waals surface area contributed by atoms with Gasteiger partial charge in [-0.2, -0.15) is 0 Å². The smallest absolute Gasteiger partial charge is 0.187 e. The highest BCUT2D eigenvalue weighted by molar-refractivity contribution is 5.95. The number of carbonyl (C=O) groups excluding carboxylic acids is 1. The average Bonchev–Trinajstić information content (AvgIpc) is 3.18. The van der Waals surface area contributed by atoms with Crippen molar-refractivity contribution in [2.45, 2.75) is 62.9 Å². The van der Waals surface area contributed by atoms with Crippen LogP contribution in [0.5, 0.6) is 0 Å². The van der Waals surface area contributed by atoms with E-state index in [1.807, 2.05) is 0 Å². The normalized spacial score (nSPS) is 39.7. The molecule has 8 atom stereocenters. The number of aryl methyl sites for hydroxylation is 1. The van der Waals surface area contributed by atoms with Crippen molar-refractivity contribution in [1.82, 2.24) is 0 Å². The second kappa shape index (κ2) is 7.94. The van der Waals surface area contributed by atoms with E-state index in [0.717, 1.165) is 0 Å². The van der Waals surface area contributed by atoms with Crippen molar-refractivity contribution in [3.63, 3.8) is 0 Å². The highest BCUT2D eigenvalue weighted by atomic mass is 16.7. The van der Waals surface area contributed by atoms with Crippen LogP contribution in [0.1, 0.15) is 34.9 Å². The van der Waals surface area contributed by atoms with Gasteiger partial charge < -0.3 is 44.2 Å². The quantitative estimate of drug-likeness (QED) is 0.372. The van der Waals surface area contributed by atoms with Gasteiger partial charge in [0.15, 0.2) is 12.1 Å². The maximum Gasteiger partial charge on any atom is 0.187 e. The zero-order valence-corrected chi connectivity index (χ0v) is 14.9. The summed E-state index contributed by atoms with van der Waals surface area (Å²) in [6, 6.07) is 1.50. The van der Waals surface area contributed by atoms with E-state index in [0.29, 0.717) is 11.3 Å². The van der Waals surface area contributed by atoms with Crippen LogP contribution in [-0.2, 0) is 14.2 Å². The fourth-order valence-electron chi connectivity index (χ4n) is 3.33. The molecule has 1 aromatic heterocycles. The minimum Gasteiger partial charge on any atom is -0.463 e. The third-order valence-electron chi connectivity index (χ3n) is 4.86. The minimum absolute atomic E-state index is 0.0814. The van der Waals surface area contributed by atoms with Crippen molar-refractivity contribution in [3.05, 3.63) is 23.2 Å². The summed E-state index contributed by atoms with van der Waals surface area (Å²) in [4.78, 5) is 11.6. The first-order chi connectivity index (χ1) is 12.7. The molecule has 1 aromatic rings. The Kier molecular flexibility index (Phi) is 5.99. The monoisotopic (exact) mass is 388 g/mol. The maximum absolute atomic E-state index is 11.6. The number of ether oxygens (including phenoxy) is 3. The number of rotatable bonds is 5. The Morgan fingerprint density at radius 1 is 1.22 bits per heavy atom. The second-order valence-corrected chi connectivity index (χ2v) is 6.79. The summed E-state index contributed by atoms with van der Waals surface area (Å²) in [6.07, 6.45) is -10.3. The summed E-state index contributed by atoms with van der Waals surface area (Å²) in [6.45, 7) is 2.34. The van der Waals surface area contributed by atoms with Gasteiger partial charge in [0.1, 0.15) is 54.2 Å². The first kappa shape index (κ1) is 20.4. The molecule has 2 aliphatic rings. The number of furan rings is 1. The molecule has 27 heavy (non-hydrogen) atoms. The summed E-state index contributed by atoms with van der Waals surface area (Å²) < 4.78 is 22.0. The number of hydrogen-bond donors (Lipinski definition) is 5. The van der Waals surface area contributed by atoms with Gasteiger partial charge in [0, 0.05) is 0 Å². The lowest BCUT2D eigenvalue weighted by molar-refractivity contribution is -0.318. The van der Waals surface area contributed by atoms with Crippen LogP contribution >= 0.6 is 0 Å². The number of aliphatic hydroxyl groups excluding tert-OH is 5. The van der Waals surface area contributed by atoms with Crippen LogP contribution in [0.25, 0.3) is 0 Å². The molecule has 10 heteroatoms. The molecule has 5 N–H and O–H groups in total. The molecule has 0 radical (unpaired) electrons. The zero-order chi connectivity index (χ0) is 19.9. The largest absolute Gasteiger partial charge is 0.463 e. The van der Waals surface area contributed by atoms with Crippen molar-refractivity contribution in [3.8, 4) is 0 Å². The summed E-state index contributed by atoms with van der Waals surface area (Å²) in [5.41, 5.74) is 0.376. The Labute approximate surface area is 154 Å². The van der Waals surface area contributed by atoms with Crippen molar-refractivity contribution < 1.29 is 49.0 Å². The standard InChI is InChI=1S/C17H24O10/c1-6(19)8-3-10(25-7(8)2)16-15(9(20)5-24-16)27-17-14(23)13(22)12(21)11(4-18)26-17/h3,9,11-18,20-23H,4-5H2,1-2H3/t9-,11-,12-,13+,14-,15-,16+,17-/m1/s1. The van der Waals surface area contributed by atoms with E-state index in [4.69, 9.17) is 18.6 Å². The highest BCUT2D eigenvalue weighted by Crippen LogP contribution is 2.36. The van der Waals surface area contributed by atoms with Crippen LogP contribution < -0.4 is 0 Å². The number of hydrogen-bond acceptors (Lipinski definition) is 10. The number of aliphatic hydroxyl groups is 5. The van der Waals surface area contributed by atoms with Crippen molar-refractivity contribution in [2.75, 3.05) is 13.2 Å². The third kappa shape index (κ3) is 3.80. The minimum atomic E-state index is -1.61. The van der Waals surface area contributed by atoms with Gasteiger partial charge in [-0.1, -0.05) is 0 Å². The molecule has 0 bridgehead atoms. The Morgan fingerprint density at radius 3 is 2.52 bits per heavy atom. The second-order valence-electron chi connectivity index (χ2n) is 6.79. The lowest BCUT2D eigenvalue weighted by Gasteiger charge is -2.41. The summed E-state index contributed by atoms with van der Waals surface area (Å²) in [5.74, 6) is 0.477. The molecule has 0 saturated carbocycles. The lowest BCUT2D eigenvalue weighted by Crippen LogP contribution is -2.60. The van der Waals surface area contributed by atoms with Gasteiger partial charge in [-0.25, -0.2) is 0 Å². The first-order valence-corrected chi connectivity index (χ1v) is 8.61. The van der Waals surface area contributed by atoms with Gasteiger partial charge in [0.05, 0.1) is 18.8 Å². The number of Topliss-reactive ketones (excluding diaryl/α,β-unsaturated/α-hetero) is 1. The fourth-order valence-corrected chi connectivity index (χ4v) is 3.33. The van der Waals surface area contributed by atoms with Crippen molar-refractivity contribution >= 4 is 5.78 Å². The Hall–Kier alpha value is -1.37. The molecule has 3 rings (SSSR count). The van der Waals surface area contributed by atoms with Gasteiger partial charge >= 0.3 is 0 Å². The van der Waals surface area contributed by atoms with Crippen LogP contribution in [0.2, 0.25) is 0 Å². The summed E-state index contributed by atoms with van der Waals surface area (Å²) >= 11 is 0. The molecule has 0 aromatic carbocycles. The molecular weight excluding hydrogens is 364 g/mol. The lowest BCUT2D eigenvalue weighted by atomic mass is 9.99. The predicted octanol–water partition coefficient (Wildman–Crippen LogP) is -1.59. The molecule has 0 aliphatic carbocycles. The molecule has 0 unspecified atom stereocenters. The van der Waals surface area contributed by atoms with Crippen LogP contribution in [0, 0.1) is 6.92 Å². The summed E-state index contributed by atoms with van der Waals surface area (Å²) in [5, 5.41) is 49.3. The SMILES string of the molecule is CC(=O)c1cc([C@@H]2OC[C@@H](O)[C@H]2O[C@H]2O[C@H](CO)[C@@H](O)[C@H](O)[C@H]2O)oc1C. The van der Waals surface area contributed by atoms with Crippen LogP contribution in [0.15, 0.2) is 10.5 Å². The van der Waals surface area contributed by atoms with Gasteiger partial charge in [-0.15, -0.1) is 0 Å². The van der Waals surface area contributed by atoms with Crippen molar-refractivity contribution in [1.29, 1.82) is 0 Å². The topological polar surface area (TPSA) is 159 Å². The van der Waals surface area contributed by atoms with E-state index < -0.39 is 55.6 Å². The van der Waals surface area contributed by atoms with E-state index in [1.54, 1.807) is 6.92 Å². The van der Waals surface area contributed by atoms with Gasteiger partial charge in [-0.3, -0.25) is 4.79 Å². The van der Waals surface area contributed by atoms with Crippen molar-refractivity contribution in [2.24, 2.45) is 0 Å². The average molecular weight is 388 g/mol. The molecule has 3 heterocycles. The Balaban J connectivity index is 1.79. The van der Waals surface area contributed by atoms with Crippen LogP contribution in [0.4, 0.5) is 0 Å². The first-order valence-electron chi connectivity index (χ1n) is 8.61. The molecule has 2 aliphatic heterocycles. The van der Waals surface area contributed by atoms with E-state index in [9.17, 15) is 30.3 Å². The molecule has 152 valence electrons. The summed E-state index contributed by atoms with van der Waals surface area (Å²) in [7, 11) is 0. The maximum atomic E-state index is 11.6. The Morgan fingerprint density at radius 2 is 1.93 bits per heavy atom. The van der Waals surface area contributed by atoms with Crippen LogP contribution in [0.3, 0.4) is 0 Å². The van der Waals surface area contributed by atoms with Gasteiger partial charge in [-0.05, 0) is 19.9 Å². The zero-order valence-electron chi connectivity index (χ0n) is 14.9. The van der Waals surface area contributed by atoms with E-state index in [1.165, 1.54) is 13.0 Å². The number of carbonyl (C=O) groups is 1. The molecule has 10 nitrogen and oxygen atoms in total. The molecule has 2 fully saturated rings. The third-order valence-corrected chi connectivity index (χ3v) is 4.86. The van der Waals surface area contributed by atoms with E-state index >= 15 is 0 Å².